The Bertz CT molecular complexity index is 592. The Labute approximate surface area is 124 Å². The van der Waals surface area contributed by atoms with E-state index in [0.717, 1.165) is 24.8 Å². The van der Waals surface area contributed by atoms with Crippen molar-refractivity contribution in [3.05, 3.63) is 29.8 Å². The molecule has 1 aromatic carbocycles. The fraction of sp³-hybridized carbons (Fsp3) is 0.500. The van der Waals surface area contributed by atoms with Gasteiger partial charge < -0.3 is 10.1 Å². The van der Waals surface area contributed by atoms with Crippen molar-refractivity contribution in [1.29, 1.82) is 0 Å². The van der Waals surface area contributed by atoms with Gasteiger partial charge in [0, 0.05) is 6.61 Å². The Balaban J connectivity index is 1.99. The lowest BCUT2D eigenvalue weighted by molar-refractivity contribution is -0.136. The predicted octanol–water partition coefficient (Wildman–Crippen LogP) is 1.08. The molecule has 1 fully saturated rings. The number of rotatable bonds is 4. The molecule has 0 aromatic heterocycles. The number of hydrogen-bond donors (Lipinski definition) is 2. The number of nitrogens with one attached hydrogen (secondary N) is 1. The fourth-order valence-corrected chi connectivity index (χ4v) is 2.80. The maximum absolute atomic E-state index is 12.1. The van der Waals surface area contributed by atoms with Crippen molar-refractivity contribution in [3.63, 3.8) is 0 Å². The molecule has 21 heavy (non-hydrogen) atoms. The van der Waals surface area contributed by atoms with Crippen molar-refractivity contribution in [2.45, 2.75) is 43.2 Å². The lowest BCUT2D eigenvalue weighted by Crippen LogP contribution is -2.39. The quantitative estimate of drug-likeness (QED) is 0.869. The molecule has 2 rings (SSSR count). The van der Waals surface area contributed by atoms with Crippen LogP contribution in [0.1, 0.15) is 37.8 Å². The van der Waals surface area contributed by atoms with Crippen LogP contribution in [-0.2, 0) is 19.6 Å². The molecule has 116 valence electrons. The van der Waals surface area contributed by atoms with E-state index in [2.05, 4.69) is 5.32 Å². The molecule has 3 N–H and O–H groups in total. The molecular weight excluding hydrogens is 292 g/mol. The maximum Gasteiger partial charge on any atom is 0.249 e. The van der Waals surface area contributed by atoms with Crippen LogP contribution in [0.15, 0.2) is 29.2 Å². The second-order valence-corrected chi connectivity index (χ2v) is 6.76. The van der Waals surface area contributed by atoms with E-state index in [0.29, 0.717) is 6.61 Å². The molecule has 0 saturated carbocycles. The number of amides is 1. The summed E-state index contributed by atoms with van der Waals surface area (Å²) in [5, 5.41) is 7.93. The Morgan fingerprint density at radius 2 is 2.00 bits per heavy atom. The molecule has 2 atom stereocenters. The van der Waals surface area contributed by atoms with Crippen LogP contribution in [0.25, 0.3) is 0 Å². The van der Waals surface area contributed by atoms with E-state index >= 15 is 0 Å². The summed E-state index contributed by atoms with van der Waals surface area (Å²) in [6, 6.07) is 5.94. The number of sulfonamides is 1. The van der Waals surface area contributed by atoms with Gasteiger partial charge in [-0.3, -0.25) is 4.79 Å². The molecule has 6 nitrogen and oxygen atoms in total. The van der Waals surface area contributed by atoms with Crippen molar-refractivity contribution >= 4 is 15.9 Å². The van der Waals surface area contributed by atoms with Crippen LogP contribution in [0.5, 0.6) is 0 Å². The highest BCUT2D eigenvalue weighted by Crippen LogP contribution is 2.18. The van der Waals surface area contributed by atoms with Gasteiger partial charge in [-0.15, -0.1) is 0 Å². The fourth-order valence-electron chi connectivity index (χ4n) is 2.28. The van der Waals surface area contributed by atoms with Crippen LogP contribution in [0.3, 0.4) is 0 Å². The summed E-state index contributed by atoms with van der Waals surface area (Å²) < 4.78 is 27.8. The van der Waals surface area contributed by atoms with Gasteiger partial charge in [0.2, 0.25) is 15.9 Å². The lowest BCUT2D eigenvalue weighted by Gasteiger charge is -2.24. The number of hydrogen-bond acceptors (Lipinski definition) is 4. The van der Waals surface area contributed by atoms with Gasteiger partial charge in [-0.1, -0.05) is 12.1 Å². The summed E-state index contributed by atoms with van der Waals surface area (Å²) in [5.74, 6) is -0.127. The summed E-state index contributed by atoms with van der Waals surface area (Å²) >= 11 is 0. The van der Waals surface area contributed by atoms with E-state index in [1.165, 1.54) is 12.1 Å². The van der Waals surface area contributed by atoms with Gasteiger partial charge in [0.25, 0.3) is 0 Å². The highest BCUT2D eigenvalue weighted by atomic mass is 32.2. The van der Waals surface area contributed by atoms with Gasteiger partial charge in [-0.2, -0.15) is 0 Å². The molecule has 7 heteroatoms. The topological polar surface area (TPSA) is 98.5 Å². The first-order chi connectivity index (χ1) is 9.88. The van der Waals surface area contributed by atoms with Crippen molar-refractivity contribution in [3.8, 4) is 0 Å². The number of carbonyl (C=O) groups excluding carboxylic acids is 1. The van der Waals surface area contributed by atoms with Gasteiger partial charge in [-0.25, -0.2) is 13.6 Å². The summed E-state index contributed by atoms with van der Waals surface area (Å²) in [4.78, 5) is 12.1. The normalized spacial score (nSPS) is 20.8. The standard InChI is InChI=1S/C14H20N2O4S/c1-10(16-14(17)13-4-2-3-9-20-13)11-5-7-12(8-6-11)21(15,18)19/h5-8,10,13H,2-4,9H2,1H3,(H,16,17)(H2,15,18,19). The van der Waals surface area contributed by atoms with Crippen LogP contribution < -0.4 is 10.5 Å². The highest BCUT2D eigenvalue weighted by Gasteiger charge is 2.23. The molecule has 1 saturated heterocycles. The zero-order chi connectivity index (χ0) is 15.5. The lowest BCUT2D eigenvalue weighted by atomic mass is 10.1. The van der Waals surface area contributed by atoms with Crippen LogP contribution in [0.4, 0.5) is 0 Å². The van der Waals surface area contributed by atoms with Crippen LogP contribution in [-0.4, -0.2) is 27.0 Å². The Morgan fingerprint density at radius 1 is 1.33 bits per heavy atom. The van der Waals surface area contributed by atoms with Gasteiger partial charge in [-0.05, 0) is 43.9 Å². The zero-order valence-corrected chi connectivity index (χ0v) is 12.7. The average molecular weight is 312 g/mol. The SMILES string of the molecule is CC(NC(=O)C1CCCCO1)c1ccc(S(N)(=O)=O)cc1. The number of nitrogens with two attached hydrogens (primary N) is 1. The second kappa shape index (κ2) is 6.55. The highest BCUT2D eigenvalue weighted by molar-refractivity contribution is 7.89. The Hall–Kier alpha value is -1.44. The minimum atomic E-state index is -3.69. The van der Waals surface area contributed by atoms with E-state index in [-0.39, 0.29) is 22.9 Å². The van der Waals surface area contributed by atoms with E-state index in [1.54, 1.807) is 12.1 Å². The van der Waals surface area contributed by atoms with E-state index in [1.807, 2.05) is 6.92 Å². The molecule has 0 spiro atoms. The Morgan fingerprint density at radius 3 is 2.52 bits per heavy atom. The number of primary sulfonamides is 1. The molecule has 1 aromatic rings. The maximum atomic E-state index is 12.1. The van der Waals surface area contributed by atoms with Gasteiger partial charge in [0.1, 0.15) is 6.10 Å². The zero-order valence-electron chi connectivity index (χ0n) is 11.9. The molecular formula is C14H20N2O4S. The third kappa shape index (κ3) is 4.26. The summed E-state index contributed by atoms with van der Waals surface area (Å²) in [7, 11) is -3.69. The first kappa shape index (κ1) is 15.9. The molecule has 0 bridgehead atoms. The molecule has 1 aliphatic rings. The Kier molecular flexibility index (Phi) is 4.97. The third-order valence-electron chi connectivity index (χ3n) is 3.54. The monoisotopic (exact) mass is 312 g/mol. The van der Waals surface area contributed by atoms with Crippen LogP contribution in [0, 0.1) is 0 Å². The first-order valence-electron chi connectivity index (χ1n) is 6.92. The van der Waals surface area contributed by atoms with Gasteiger partial charge >= 0.3 is 0 Å². The number of ether oxygens (including phenoxy) is 1. The molecule has 1 aliphatic heterocycles. The van der Waals surface area contributed by atoms with Gasteiger partial charge in [0.05, 0.1) is 10.9 Å². The average Bonchev–Trinajstić information content (AvgIpc) is 2.47. The smallest absolute Gasteiger partial charge is 0.249 e. The first-order valence-corrected chi connectivity index (χ1v) is 8.47. The molecule has 0 radical (unpaired) electrons. The van der Waals surface area contributed by atoms with Crippen molar-refractivity contribution in [2.24, 2.45) is 5.14 Å². The minimum Gasteiger partial charge on any atom is -0.368 e. The second-order valence-electron chi connectivity index (χ2n) is 5.20. The van der Waals surface area contributed by atoms with E-state index in [4.69, 9.17) is 9.88 Å². The minimum absolute atomic E-state index is 0.0559. The summed E-state index contributed by atoms with van der Waals surface area (Å²) in [6.45, 7) is 2.46. The largest absolute Gasteiger partial charge is 0.368 e. The van der Waals surface area contributed by atoms with Crippen molar-refractivity contribution in [2.75, 3.05) is 6.61 Å². The van der Waals surface area contributed by atoms with E-state index < -0.39 is 10.0 Å². The summed E-state index contributed by atoms with van der Waals surface area (Å²) in [6.07, 6.45) is 2.34. The third-order valence-corrected chi connectivity index (χ3v) is 4.47. The molecule has 1 heterocycles. The van der Waals surface area contributed by atoms with E-state index in [9.17, 15) is 13.2 Å². The van der Waals surface area contributed by atoms with Crippen LogP contribution in [0.2, 0.25) is 0 Å². The van der Waals surface area contributed by atoms with Crippen LogP contribution >= 0.6 is 0 Å². The molecule has 2 unspecified atom stereocenters. The van der Waals surface area contributed by atoms with Crippen molar-refractivity contribution < 1.29 is 17.9 Å². The predicted molar refractivity (Wildman–Crippen MR) is 78.0 cm³/mol. The van der Waals surface area contributed by atoms with Crippen molar-refractivity contribution in [1.82, 2.24) is 5.32 Å². The molecule has 1 amide bonds. The number of benzene rings is 1. The molecule has 0 aliphatic carbocycles. The summed E-state index contributed by atoms with van der Waals surface area (Å²) in [5.41, 5.74) is 0.812. The van der Waals surface area contributed by atoms with Gasteiger partial charge in [0.15, 0.2) is 0 Å². The number of carbonyl (C=O) groups is 1.